The van der Waals surface area contributed by atoms with Crippen LogP contribution in [0.1, 0.15) is 107 Å². The summed E-state index contributed by atoms with van der Waals surface area (Å²) in [4.78, 5) is 23.4. The predicted octanol–water partition coefficient (Wildman–Crippen LogP) is 6.96. The highest BCUT2D eigenvalue weighted by Gasteiger charge is 2.39. The van der Waals surface area contributed by atoms with Crippen LogP contribution in [0.3, 0.4) is 0 Å². The molecule has 3 aliphatic rings. The molecule has 1 saturated carbocycles. The molecule has 2 aromatic rings. The third-order valence-electron chi connectivity index (χ3n) is 7.61. The van der Waals surface area contributed by atoms with Gasteiger partial charge in [0, 0.05) is 48.1 Å². The second-order valence-electron chi connectivity index (χ2n) is 10.1. The Balaban J connectivity index is 0.000000956. The van der Waals surface area contributed by atoms with Crippen molar-refractivity contribution in [2.45, 2.75) is 104 Å². The standard InChI is InChI=1S/C27H35FN4O2.2C2H6/c28-23(8-2-1-6-21-12-11-19-5-3-15-30-26(19)31-21)20-13-16-32(17-20)25(27(33)34)22-7-4-14-29-24(22)18-9-10-18;2*1-2/h4,7,11-12,14,18,20,23,25H,1-3,5-6,8-10,13,15-17H2,(H,30,31)(H,33,34);2*1-2H3. The van der Waals surface area contributed by atoms with Crippen molar-refractivity contribution in [3.63, 3.8) is 0 Å². The Hall–Kier alpha value is -2.54. The van der Waals surface area contributed by atoms with E-state index in [1.807, 2.05) is 44.7 Å². The second kappa shape index (κ2) is 15.2. The fourth-order valence-electron chi connectivity index (χ4n) is 5.58. The van der Waals surface area contributed by atoms with Gasteiger partial charge in [-0.25, -0.2) is 9.37 Å². The second-order valence-corrected chi connectivity index (χ2v) is 10.1. The number of hydrogen-bond donors (Lipinski definition) is 2. The van der Waals surface area contributed by atoms with Gasteiger partial charge < -0.3 is 10.4 Å². The molecular weight excluding hydrogens is 479 g/mol. The van der Waals surface area contributed by atoms with Crippen LogP contribution < -0.4 is 5.32 Å². The summed E-state index contributed by atoms with van der Waals surface area (Å²) in [5, 5.41) is 13.4. The van der Waals surface area contributed by atoms with Crippen molar-refractivity contribution in [2.75, 3.05) is 25.0 Å². The predicted molar refractivity (Wildman–Crippen MR) is 152 cm³/mol. The first-order valence-electron chi connectivity index (χ1n) is 14.9. The van der Waals surface area contributed by atoms with E-state index in [1.165, 1.54) is 5.56 Å². The molecule has 6 nitrogen and oxygen atoms in total. The van der Waals surface area contributed by atoms with Crippen LogP contribution in [-0.4, -0.2) is 51.7 Å². The zero-order valence-corrected chi connectivity index (χ0v) is 23.8. The molecule has 1 saturated heterocycles. The smallest absolute Gasteiger partial charge is 0.325 e. The summed E-state index contributed by atoms with van der Waals surface area (Å²) in [7, 11) is 0. The van der Waals surface area contributed by atoms with E-state index in [9.17, 15) is 9.90 Å². The molecule has 3 unspecified atom stereocenters. The molecule has 1 aliphatic carbocycles. The summed E-state index contributed by atoms with van der Waals surface area (Å²) in [5.74, 6) is 0.433. The third kappa shape index (κ3) is 7.75. The number of pyridine rings is 2. The topological polar surface area (TPSA) is 78.3 Å². The number of alkyl halides is 1. The summed E-state index contributed by atoms with van der Waals surface area (Å²) >= 11 is 0. The van der Waals surface area contributed by atoms with Gasteiger partial charge in [-0.2, -0.15) is 0 Å². The number of aryl methyl sites for hydroxylation is 2. The van der Waals surface area contributed by atoms with Crippen molar-refractivity contribution in [3.8, 4) is 0 Å². The highest BCUT2D eigenvalue weighted by molar-refractivity contribution is 5.76. The average Bonchev–Trinajstić information content (AvgIpc) is 3.70. The Kier molecular flexibility index (Phi) is 12.0. The molecular formula is C31H47FN4O2. The molecule has 0 bridgehead atoms. The number of anilines is 1. The van der Waals surface area contributed by atoms with E-state index in [2.05, 4.69) is 22.4 Å². The van der Waals surface area contributed by atoms with Crippen LogP contribution in [0.4, 0.5) is 10.2 Å². The number of carboxylic acids is 1. The van der Waals surface area contributed by atoms with Gasteiger partial charge in [-0.05, 0) is 75.6 Å². The van der Waals surface area contributed by atoms with Gasteiger partial charge in [0.15, 0.2) is 0 Å². The molecule has 5 rings (SSSR count). The number of likely N-dealkylation sites (tertiary alicyclic amines) is 1. The molecule has 3 atom stereocenters. The maximum atomic E-state index is 15.1. The summed E-state index contributed by atoms with van der Waals surface area (Å²) in [6.07, 6.45) is 9.08. The lowest BCUT2D eigenvalue weighted by Crippen LogP contribution is -2.34. The monoisotopic (exact) mass is 526 g/mol. The van der Waals surface area contributed by atoms with Crippen LogP contribution in [0.2, 0.25) is 0 Å². The number of carbonyl (C=O) groups is 1. The van der Waals surface area contributed by atoms with Gasteiger partial charge in [0.05, 0.1) is 0 Å². The Morgan fingerprint density at radius 3 is 2.68 bits per heavy atom. The van der Waals surface area contributed by atoms with Crippen molar-refractivity contribution in [3.05, 3.63) is 53.0 Å². The van der Waals surface area contributed by atoms with E-state index in [0.29, 0.717) is 31.8 Å². The van der Waals surface area contributed by atoms with Crippen LogP contribution >= 0.6 is 0 Å². The van der Waals surface area contributed by atoms with Gasteiger partial charge in [0.1, 0.15) is 18.0 Å². The van der Waals surface area contributed by atoms with E-state index in [-0.39, 0.29) is 5.92 Å². The summed E-state index contributed by atoms with van der Waals surface area (Å²) in [6.45, 7) is 10.1. The molecule has 2 N–H and O–H groups in total. The fraction of sp³-hybridized carbons (Fsp3) is 0.645. The van der Waals surface area contributed by atoms with Crippen LogP contribution in [0.25, 0.3) is 0 Å². The minimum Gasteiger partial charge on any atom is -0.480 e. The van der Waals surface area contributed by atoms with Gasteiger partial charge in [0.2, 0.25) is 0 Å². The third-order valence-corrected chi connectivity index (χ3v) is 7.61. The lowest BCUT2D eigenvalue weighted by atomic mass is 9.97. The molecule has 0 amide bonds. The Labute approximate surface area is 228 Å². The van der Waals surface area contributed by atoms with Gasteiger partial charge >= 0.3 is 5.97 Å². The van der Waals surface area contributed by atoms with Crippen LogP contribution in [0.15, 0.2) is 30.5 Å². The number of halogens is 1. The molecule has 38 heavy (non-hydrogen) atoms. The van der Waals surface area contributed by atoms with E-state index < -0.39 is 18.2 Å². The zero-order valence-electron chi connectivity index (χ0n) is 23.8. The van der Waals surface area contributed by atoms with Crippen LogP contribution in [0, 0.1) is 5.92 Å². The van der Waals surface area contributed by atoms with E-state index in [1.54, 1.807) is 6.20 Å². The molecule has 4 heterocycles. The van der Waals surface area contributed by atoms with Crippen molar-refractivity contribution in [2.24, 2.45) is 5.92 Å². The first kappa shape index (κ1) is 30.0. The number of hydrogen-bond acceptors (Lipinski definition) is 5. The first-order chi connectivity index (χ1) is 18.6. The largest absolute Gasteiger partial charge is 0.480 e. The van der Waals surface area contributed by atoms with Gasteiger partial charge in [-0.3, -0.25) is 14.7 Å². The molecule has 210 valence electrons. The number of aromatic nitrogens is 2. The molecule has 2 aliphatic heterocycles. The number of carboxylic acid groups (broad SMARTS) is 1. The van der Waals surface area contributed by atoms with Crippen LogP contribution in [-0.2, 0) is 17.6 Å². The van der Waals surface area contributed by atoms with Crippen LogP contribution in [0.5, 0.6) is 0 Å². The van der Waals surface area contributed by atoms with E-state index in [0.717, 1.165) is 74.3 Å². The molecule has 0 radical (unpaired) electrons. The Morgan fingerprint density at radius 1 is 1.16 bits per heavy atom. The lowest BCUT2D eigenvalue weighted by molar-refractivity contribution is -0.143. The number of fused-ring (bicyclic) bond motifs is 1. The zero-order chi connectivity index (χ0) is 27.5. The number of rotatable bonds is 10. The van der Waals surface area contributed by atoms with Gasteiger partial charge in [-0.1, -0.05) is 46.2 Å². The number of aliphatic carboxylic acids is 1. The van der Waals surface area contributed by atoms with Gasteiger partial charge in [0.25, 0.3) is 0 Å². The van der Waals surface area contributed by atoms with Crippen molar-refractivity contribution >= 4 is 11.8 Å². The summed E-state index contributed by atoms with van der Waals surface area (Å²) in [6, 6.07) is 7.25. The van der Waals surface area contributed by atoms with Crippen molar-refractivity contribution in [1.82, 2.24) is 14.9 Å². The molecule has 7 heteroatoms. The molecule has 0 spiro atoms. The van der Waals surface area contributed by atoms with E-state index in [4.69, 9.17) is 4.98 Å². The quantitative estimate of drug-likeness (QED) is 0.326. The normalized spacial score (nSPS) is 20.1. The van der Waals surface area contributed by atoms with Crippen molar-refractivity contribution < 1.29 is 14.3 Å². The van der Waals surface area contributed by atoms with Gasteiger partial charge in [-0.15, -0.1) is 0 Å². The Bertz CT molecular complexity index is 1010. The molecule has 2 aromatic heterocycles. The Morgan fingerprint density at radius 2 is 1.95 bits per heavy atom. The first-order valence-corrected chi connectivity index (χ1v) is 14.9. The molecule has 2 fully saturated rings. The number of unbranched alkanes of at least 4 members (excludes halogenated alkanes) is 1. The molecule has 0 aromatic carbocycles. The lowest BCUT2D eigenvalue weighted by Gasteiger charge is -2.26. The summed E-state index contributed by atoms with van der Waals surface area (Å²) < 4.78 is 15.1. The van der Waals surface area contributed by atoms with E-state index >= 15 is 4.39 Å². The fourth-order valence-corrected chi connectivity index (χ4v) is 5.58. The minimum atomic E-state index is -0.894. The number of nitrogens with one attached hydrogen (secondary N) is 1. The summed E-state index contributed by atoms with van der Waals surface area (Å²) in [5.41, 5.74) is 4.07. The van der Waals surface area contributed by atoms with Crippen molar-refractivity contribution in [1.29, 1.82) is 0 Å². The number of nitrogens with zero attached hydrogens (tertiary/aromatic N) is 3. The highest BCUT2D eigenvalue weighted by Crippen LogP contribution is 2.43. The maximum absolute atomic E-state index is 15.1. The highest BCUT2D eigenvalue weighted by atomic mass is 19.1. The SMILES string of the molecule is CC.CC.O=C(O)C(c1cccnc1C1CC1)N1CCC(C(F)CCCCc2ccc3c(n2)NCCC3)C1. The average molecular weight is 527 g/mol. The minimum absolute atomic E-state index is 0.103. The maximum Gasteiger partial charge on any atom is 0.325 e.